The van der Waals surface area contributed by atoms with Crippen LogP contribution in [0.4, 0.5) is 0 Å². The van der Waals surface area contributed by atoms with Crippen molar-refractivity contribution in [2.24, 2.45) is 10.7 Å². The molecule has 1 aliphatic rings. The maximum absolute atomic E-state index is 11.3. The molecule has 0 aliphatic carbocycles. The van der Waals surface area contributed by atoms with E-state index in [4.69, 9.17) is 10.5 Å². The molecule has 0 aromatic carbocycles. The largest absolute Gasteiger partial charge is 0.447 e. The van der Waals surface area contributed by atoms with Crippen molar-refractivity contribution in [1.82, 2.24) is 4.98 Å². The van der Waals surface area contributed by atoms with Crippen molar-refractivity contribution >= 4 is 27.9 Å². The Balaban J connectivity index is 2.30. The molecule has 1 aromatic rings. The Morgan fingerprint density at radius 2 is 2.29 bits per heavy atom. The first-order chi connectivity index (χ1) is 6.66. The lowest BCUT2D eigenvalue weighted by atomic mass is 10.1. The second kappa shape index (κ2) is 3.38. The Kier molecular flexibility index (Phi) is 2.20. The van der Waals surface area contributed by atoms with E-state index in [9.17, 15) is 4.79 Å². The van der Waals surface area contributed by atoms with Crippen molar-refractivity contribution in [2.45, 2.75) is 6.10 Å². The first kappa shape index (κ1) is 9.14. The number of aromatic nitrogens is 1. The molecule has 5 nitrogen and oxygen atoms in total. The maximum atomic E-state index is 11.3. The summed E-state index contributed by atoms with van der Waals surface area (Å²) in [6.45, 7) is 0. The van der Waals surface area contributed by atoms with Gasteiger partial charge in [-0.3, -0.25) is 9.78 Å². The summed E-state index contributed by atoms with van der Waals surface area (Å²) in [4.78, 5) is 18.6. The molecule has 1 aromatic heterocycles. The Hall–Kier alpha value is -1.43. The van der Waals surface area contributed by atoms with Gasteiger partial charge in [0.15, 0.2) is 0 Å². The highest BCUT2D eigenvalue weighted by Crippen LogP contribution is 2.24. The van der Waals surface area contributed by atoms with Gasteiger partial charge in [-0.25, -0.2) is 0 Å². The summed E-state index contributed by atoms with van der Waals surface area (Å²) in [7, 11) is 0. The van der Waals surface area contributed by atoms with Crippen LogP contribution in [0, 0.1) is 0 Å². The molecule has 2 heterocycles. The molecule has 0 spiro atoms. The Bertz CT molecular complexity index is 419. The van der Waals surface area contributed by atoms with E-state index in [1.165, 1.54) is 0 Å². The molecule has 14 heavy (non-hydrogen) atoms. The summed E-state index contributed by atoms with van der Waals surface area (Å²) in [5, 5.41) is 0. The molecule has 6 heteroatoms. The zero-order valence-electron chi connectivity index (χ0n) is 6.98. The molecule has 0 bridgehead atoms. The van der Waals surface area contributed by atoms with Crippen LogP contribution < -0.4 is 5.73 Å². The fourth-order valence-electron chi connectivity index (χ4n) is 1.15. The average molecular weight is 256 g/mol. The van der Waals surface area contributed by atoms with Crippen molar-refractivity contribution in [3.05, 3.63) is 28.5 Å². The number of hydrogen-bond acceptors (Lipinski definition) is 4. The van der Waals surface area contributed by atoms with Gasteiger partial charge in [0.05, 0.1) is 0 Å². The SMILES string of the molecule is NC1=NC(=O)C(c2cncc(Br)c2)O1. The van der Waals surface area contributed by atoms with Crippen LogP contribution in [0.15, 0.2) is 27.9 Å². The number of ether oxygens (including phenoxy) is 1. The van der Waals surface area contributed by atoms with Crippen LogP contribution in [-0.2, 0) is 9.53 Å². The molecule has 0 radical (unpaired) electrons. The number of pyridine rings is 1. The van der Waals surface area contributed by atoms with E-state index < -0.39 is 12.0 Å². The number of nitrogens with two attached hydrogens (primary N) is 1. The normalized spacial score (nSPS) is 20.5. The molecule has 1 unspecified atom stereocenters. The van der Waals surface area contributed by atoms with Gasteiger partial charge in [0.2, 0.25) is 6.10 Å². The number of halogens is 1. The van der Waals surface area contributed by atoms with Crippen molar-refractivity contribution in [1.29, 1.82) is 0 Å². The molecule has 0 fully saturated rings. The highest BCUT2D eigenvalue weighted by molar-refractivity contribution is 9.10. The molecule has 2 N–H and O–H groups in total. The summed E-state index contributed by atoms with van der Waals surface area (Å²) in [6, 6.07) is 1.64. The molecular formula is C8H6BrN3O2. The van der Waals surface area contributed by atoms with Crippen LogP contribution in [0.3, 0.4) is 0 Å². The molecule has 0 saturated carbocycles. The number of carbonyl (C=O) groups is 1. The molecule has 1 atom stereocenters. The quantitative estimate of drug-likeness (QED) is 0.804. The van der Waals surface area contributed by atoms with E-state index in [-0.39, 0.29) is 6.02 Å². The van der Waals surface area contributed by atoms with Crippen LogP contribution in [0.2, 0.25) is 0 Å². The molecule has 1 amide bonds. The summed E-state index contributed by atoms with van der Waals surface area (Å²) in [5.41, 5.74) is 5.90. The second-order valence-corrected chi connectivity index (χ2v) is 3.64. The lowest BCUT2D eigenvalue weighted by Gasteiger charge is -2.07. The summed E-state index contributed by atoms with van der Waals surface area (Å²) in [6.07, 6.45) is 2.41. The minimum absolute atomic E-state index is 0.0972. The summed E-state index contributed by atoms with van der Waals surface area (Å²) < 4.78 is 5.81. The number of nitrogens with zero attached hydrogens (tertiary/aromatic N) is 2. The van der Waals surface area contributed by atoms with Gasteiger partial charge in [0.25, 0.3) is 11.9 Å². The van der Waals surface area contributed by atoms with Gasteiger partial charge >= 0.3 is 0 Å². The number of amidine groups is 1. The lowest BCUT2D eigenvalue weighted by Crippen LogP contribution is -2.14. The highest BCUT2D eigenvalue weighted by Gasteiger charge is 2.29. The average Bonchev–Trinajstić information content (AvgIpc) is 2.45. The van der Waals surface area contributed by atoms with E-state index >= 15 is 0 Å². The number of carbonyl (C=O) groups excluding carboxylic acids is 1. The number of hydrogen-bond donors (Lipinski definition) is 1. The van der Waals surface area contributed by atoms with Crippen molar-refractivity contribution in [3.63, 3.8) is 0 Å². The van der Waals surface area contributed by atoms with E-state index in [0.29, 0.717) is 5.56 Å². The number of amides is 1. The standard InChI is InChI=1S/C8H6BrN3O2/c9-5-1-4(2-11-3-5)6-7(13)12-8(10)14-6/h1-3,6H,(H2,10,12,13). The Labute approximate surface area is 88.1 Å². The topological polar surface area (TPSA) is 77.6 Å². The molecule has 1 aliphatic heterocycles. The van der Waals surface area contributed by atoms with E-state index in [1.807, 2.05) is 0 Å². The second-order valence-electron chi connectivity index (χ2n) is 2.72. The van der Waals surface area contributed by atoms with Gasteiger partial charge < -0.3 is 10.5 Å². The van der Waals surface area contributed by atoms with Crippen LogP contribution in [0.1, 0.15) is 11.7 Å². The molecule has 2 rings (SSSR count). The van der Waals surface area contributed by atoms with Crippen LogP contribution >= 0.6 is 15.9 Å². The van der Waals surface area contributed by atoms with E-state index in [0.717, 1.165) is 4.47 Å². The minimum Gasteiger partial charge on any atom is -0.447 e. The summed E-state index contributed by atoms with van der Waals surface area (Å²) >= 11 is 3.25. The first-order valence-electron chi connectivity index (χ1n) is 3.82. The third-order valence-electron chi connectivity index (χ3n) is 1.71. The number of aliphatic imine (C=N–C) groups is 1. The third kappa shape index (κ3) is 1.60. The summed E-state index contributed by atoms with van der Waals surface area (Å²) in [5.74, 6) is -0.401. The zero-order chi connectivity index (χ0) is 10.1. The van der Waals surface area contributed by atoms with Crippen molar-refractivity contribution in [3.8, 4) is 0 Å². The van der Waals surface area contributed by atoms with Gasteiger partial charge in [-0.05, 0) is 22.0 Å². The fourth-order valence-corrected chi connectivity index (χ4v) is 1.53. The van der Waals surface area contributed by atoms with Crippen LogP contribution in [0.5, 0.6) is 0 Å². The number of rotatable bonds is 1. The van der Waals surface area contributed by atoms with Gasteiger partial charge in [-0.15, -0.1) is 0 Å². The molecule has 72 valence electrons. The van der Waals surface area contributed by atoms with Crippen molar-refractivity contribution < 1.29 is 9.53 Å². The van der Waals surface area contributed by atoms with E-state index in [1.54, 1.807) is 18.5 Å². The smallest absolute Gasteiger partial charge is 0.296 e. The monoisotopic (exact) mass is 255 g/mol. The highest BCUT2D eigenvalue weighted by atomic mass is 79.9. The van der Waals surface area contributed by atoms with Gasteiger partial charge in [0, 0.05) is 22.4 Å². The predicted molar refractivity (Wildman–Crippen MR) is 52.4 cm³/mol. The minimum atomic E-state index is -0.750. The predicted octanol–water partition coefficient (Wildman–Crippen LogP) is 0.757. The van der Waals surface area contributed by atoms with Gasteiger partial charge in [-0.2, -0.15) is 4.99 Å². The first-order valence-corrected chi connectivity index (χ1v) is 4.61. The van der Waals surface area contributed by atoms with Gasteiger partial charge in [-0.1, -0.05) is 0 Å². The third-order valence-corrected chi connectivity index (χ3v) is 2.15. The molecule has 0 saturated heterocycles. The fraction of sp³-hybridized carbons (Fsp3) is 0.125. The van der Waals surface area contributed by atoms with Gasteiger partial charge in [0.1, 0.15) is 0 Å². The Morgan fingerprint density at radius 3 is 2.86 bits per heavy atom. The van der Waals surface area contributed by atoms with E-state index in [2.05, 4.69) is 25.9 Å². The molecular weight excluding hydrogens is 250 g/mol. The zero-order valence-corrected chi connectivity index (χ0v) is 8.56. The Morgan fingerprint density at radius 1 is 1.50 bits per heavy atom. The lowest BCUT2D eigenvalue weighted by molar-refractivity contribution is -0.122. The van der Waals surface area contributed by atoms with Crippen LogP contribution in [0.25, 0.3) is 0 Å². The van der Waals surface area contributed by atoms with Crippen LogP contribution in [-0.4, -0.2) is 16.9 Å². The van der Waals surface area contributed by atoms with Crippen molar-refractivity contribution in [2.75, 3.05) is 0 Å². The maximum Gasteiger partial charge on any atom is 0.296 e.